The Morgan fingerprint density at radius 3 is 2.55 bits per heavy atom. The SMILES string of the molecule is CC(C)n1nc(-c2cncc(C(F)(F)F)c2)nc1C1[C@H]2CC(N3CCOC[C@@H]3C)C[C@H]12. The largest absolute Gasteiger partial charge is 0.417 e. The van der Waals surface area contributed by atoms with Gasteiger partial charge in [0.05, 0.1) is 18.8 Å². The second-order valence-electron chi connectivity index (χ2n) is 9.43. The van der Waals surface area contributed by atoms with Crippen LogP contribution in [0.15, 0.2) is 18.5 Å². The molecule has 5 rings (SSSR count). The quantitative estimate of drug-likeness (QED) is 0.722. The van der Waals surface area contributed by atoms with Gasteiger partial charge in [0.1, 0.15) is 5.82 Å². The van der Waals surface area contributed by atoms with E-state index in [0.717, 1.165) is 50.7 Å². The summed E-state index contributed by atoms with van der Waals surface area (Å²) in [6, 6.07) is 2.22. The highest BCUT2D eigenvalue weighted by molar-refractivity contribution is 5.54. The second kappa shape index (κ2) is 7.55. The van der Waals surface area contributed by atoms with Gasteiger partial charge < -0.3 is 4.74 Å². The molecule has 0 bridgehead atoms. The number of aromatic nitrogens is 4. The van der Waals surface area contributed by atoms with E-state index in [1.807, 2.05) is 18.5 Å². The van der Waals surface area contributed by atoms with Gasteiger partial charge in [0.25, 0.3) is 0 Å². The van der Waals surface area contributed by atoms with E-state index in [9.17, 15) is 13.2 Å². The van der Waals surface area contributed by atoms with Crippen molar-refractivity contribution in [2.75, 3.05) is 19.8 Å². The first kappa shape index (κ1) is 20.9. The first-order valence-electron chi connectivity index (χ1n) is 11.1. The molecule has 3 fully saturated rings. The normalized spacial score (nSPS) is 29.5. The molecule has 2 saturated carbocycles. The zero-order valence-electron chi connectivity index (χ0n) is 18.0. The molecule has 0 amide bonds. The highest BCUT2D eigenvalue weighted by atomic mass is 19.4. The molecule has 0 unspecified atom stereocenters. The van der Waals surface area contributed by atoms with Crippen molar-refractivity contribution in [1.29, 1.82) is 0 Å². The van der Waals surface area contributed by atoms with Gasteiger partial charge in [0, 0.05) is 48.5 Å². The molecule has 3 atom stereocenters. The Hall–Kier alpha value is -2.00. The number of rotatable bonds is 4. The maximum atomic E-state index is 13.1. The summed E-state index contributed by atoms with van der Waals surface area (Å²) < 4.78 is 46.8. The van der Waals surface area contributed by atoms with Crippen molar-refractivity contribution in [1.82, 2.24) is 24.6 Å². The Morgan fingerprint density at radius 1 is 1.16 bits per heavy atom. The zero-order chi connectivity index (χ0) is 21.9. The fraction of sp³-hybridized carbons (Fsp3) is 0.682. The van der Waals surface area contributed by atoms with Crippen molar-refractivity contribution in [3.8, 4) is 11.4 Å². The van der Waals surface area contributed by atoms with Gasteiger partial charge in [-0.2, -0.15) is 18.3 Å². The molecule has 6 nitrogen and oxygen atoms in total. The van der Waals surface area contributed by atoms with E-state index >= 15 is 0 Å². The lowest BCUT2D eigenvalue weighted by atomic mass is 10.0. The number of hydrogen-bond acceptors (Lipinski definition) is 5. The average Bonchev–Trinajstić information content (AvgIpc) is 3.09. The third kappa shape index (κ3) is 3.75. The van der Waals surface area contributed by atoms with Crippen LogP contribution in [0.25, 0.3) is 11.4 Å². The van der Waals surface area contributed by atoms with E-state index in [0.29, 0.717) is 41.2 Å². The predicted molar refractivity (Wildman–Crippen MR) is 108 cm³/mol. The minimum Gasteiger partial charge on any atom is -0.379 e. The van der Waals surface area contributed by atoms with Gasteiger partial charge in [-0.15, -0.1) is 0 Å². The Bertz CT molecular complexity index is 947. The maximum absolute atomic E-state index is 13.1. The summed E-state index contributed by atoms with van der Waals surface area (Å²) in [5.74, 6) is 2.73. The molecule has 168 valence electrons. The molecule has 9 heteroatoms. The third-order valence-corrected chi connectivity index (χ3v) is 7.08. The Kier molecular flexibility index (Phi) is 5.08. The monoisotopic (exact) mass is 435 g/mol. The minimum absolute atomic E-state index is 0.0893. The van der Waals surface area contributed by atoms with Gasteiger partial charge in [0.15, 0.2) is 5.82 Å². The summed E-state index contributed by atoms with van der Waals surface area (Å²) >= 11 is 0. The number of nitrogens with zero attached hydrogens (tertiary/aromatic N) is 5. The van der Waals surface area contributed by atoms with Crippen molar-refractivity contribution in [3.63, 3.8) is 0 Å². The van der Waals surface area contributed by atoms with E-state index in [2.05, 4.69) is 21.9 Å². The Labute approximate surface area is 179 Å². The maximum Gasteiger partial charge on any atom is 0.417 e. The van der Waals surface area contributed by atoms with Gasteiger partial charge in [0.2, 0.25) is 0 Å². The first-order chi connectivity index (χ1) is 14.7. The third-order valence-electron chi connectivity index (χ3n) is 7.08. The minimum atomic E-state index is -4.44. The molecule has 0 radical (unpaired) electrons. The van der Waals surface area contributed by atoms with Crippen LogP contribution >= 0.6 is 0 Å². The molecule has 0 aromatic carbocycles. The highest BCUT2D eigenvalue weighted by Gasteiger charge is 2.59. The molecule has 3 heterocycles. The van der Waals surface area contributed by atoms with E-state index in [1.165, 1.54) is 6.20 Å². The number of alkyl halides is 3. The van der Waals surface area contributed by atoms with Crippen molar-refractivity contribution >= 4 is 0 Å². The van der Waals surface area contributed by atoms with Crippen LogP contribution in [-0.4, -0.2) is 56.5 Å². The molecule has 0 N–H and O–H groups in total. The highest BCUT2D eigenvalue weighted by Crippen LogP contribution is 2.64. The van der Waals surface area contributed by atoms with Gasteiger partial charge in [-0.1, -0.05) is 0 Å². The van der Waals surface area contributed by atoms with Crippen molar-refractivity contribution in [3.05, 3.63) is 29.8 Å². The van der Waals surface area contributed by atoms with E-state index in [-0.39, 0.29) is 6.04 Å². The van der Waals surface area contributed by atoms with Gasteiger partial charge in [-0.05, 0) is 51.5 Å². The lowest BCUT2D eigenvalue weighted by Gasteiger charge is -2.38. The molecule has 31 heavy (non-hydrogen) atoms. The Morgan fingerprint density at radius 2 is 1.90 bits per heavy atom. The van der Waals surface area contributed by atoms with Crippen molar-refractivity contribution in [2.45, 2.75) is 63.8 Å². The molecule has 3 aliphatic rings. The summed E-state index contributed by atoms with van der Waals surface area (Å²) in [6.45, 7) is 8.88. The number of halogens is 3. The van der Waals surface area contributed by atoms with Crippen LogP contribution in [-0.2, 0) is 10.9 Å². The molecule has 1 saturated heterocycles. The van der Waals surface area contributed by atoms with Crippen LogP contribution < -0.4 is 0 Å². The van der Waals surface area contributed by atoms with Crippen LogP contribution in [0.2, 0.25) is 0 Å². The lowest BCUT2D eigenvalue weighted by molar-refractivity contribution is -0.137. The van der Waals surface area contributed by atoms with E-state index in [4.69, 9.17) is 9.72 Å². The van der Waals surface area contributed by atoms with Crippen molar-refractivity contribution < 1.29 is 17.9 Å². The summed E-state index contributed by atoms with van der Waals surface area (Å²) in [5.41, 5.74) is -0.473. The second-order valence-corrected chi connectivity index (χ2v) is 9.43. The molecule has 1 aliphatic heterocycles. The number of morpholine rings is 1. The van der Waals surface area contributed by atoms with Gasteiger partial charge in [-0.3, -0.25) is 9.88 Å². The van der Waals surface area contributed by atoms with E-state index in [1.54, 1.807) is 0 Å². The molecule has 2 aliphatic carbocycles. The summed E-state index contributed by atoms with van der Waals surface area (Å²) in [4.78, 5) is 11.1. The standard InChI is InChI=1S/C22H28F3N5O/c1-12(2)30-21(27-20(28-30)14-6-15(10-26-9-14)22(23,24)25)19-17-7-16(8-18(17)19)29-4-5-31-11-13(29)3/h6,9-10,12-13,16-19H,4-5,7-8,11H2,1-3H3/t13-,16?,17-,18-,19?/m0/s1. The summed E-state index contributed by atoms with van der Waals surface area (Å²) in [6.07, 6.45) is 0.0895. The smallest absolute Gasteiger partial charge is 0.379 e. The molecule has 2 aromatic heterocycles. The molecular formula is C22H28F3N5O. The topological polar surface area (TPSA) is 56.1 Å². The van der Waals surface area contributed by atoms with E-state index < -0.39 is 11.7 Å². The van der Waals surface area contributed by atoms with Crippen LogP contribution in [0, 0.1) is 11.8 Å². The fourth-order valence-electron chi connectivity index (χ4n) is 5.53. The number of hydrogen-bond donors (Lipinski definition) is 0. The first-order valence-corrected chi connectivity index (χ1v) is 11.1. The fourth-order valence-corrected chi connectivity index (χ4v) is 5.53. The summed E-state index contributed by atoms with van der Waals surface area (Å²) in [5, 5.41) is 4.58. The van der Waals surface area contributed by atoms with Crippen LogP contribution in [0.3, 0.4) is 0 Å². The molecule has 0 spiro atoms. The molecular weight excluding hydrogens is 407 g/mol. The van der Waals surface area contributed by atoms with Gasteiger partial charge >= 0.3 is 6.18 Å². The zero-order valence-corrected chi connectivity index (χ0v) is 18.0. The number of ether oxygens (including phenoxy) is 1. The summed E-state index contributed by atoms with van der Waals surface area (Å²) in [7, 11) is 0. The van der Waals surface area contributed by atoms with Crippen LogP contribution in [0.1, 0.15) is 57.0 Å². The van der Waals surface area contributed by atoms with Gasteiger partial charge in [-0.25, -0.2) is 9.67 Å². The number of pyridine rings is 1. The average molecular weight is 435 g/mol. The van der Waals surface area contributed by atoms with Crippen LogP contribution in [0.5, 0.6) is 0 Å². The molecule has 2 aromatic rings. The predicted octanol–water partition coefficient (Wildman–Crippen LogP) is 4.15. The number of fused-ring (bicyclic) bond motifs is 1. The lowest BCUT2D eigenvalue weighted by Crippen LogP contribution is -2.49. The Balaban J connectivity index is 1.37. The van der Waals surface area contributed by atoms with Crippen molar-refractivity contribution in [2.24, 2.45) is 11.8 Å². The van der Waals surface area contributed by atoms with Crippen LogP contribution in [0.4, 0.5) is 13.2 Å².